The molecular formula is C16H14BrIO. The highest BCUT2D eigenvalue weighted by molar-refractivity contribution is 14.1. The minimum atomic E-state index is -0.380. The summed E-state index contributed by atoms with van der Waals surface area (Å²) in [5.74, 6) is 0.845. The van der Waals surface area contributed by atoms with Gasteiger partial charge >= 0.3 is 0 Å². The van der Waals surface area contributed by atoms with Gasteiger partial charge in [-0.25, -0.2) is 0 Å². The zero-order valence-corrected chi connectivity index (χ0v) is 14.0. The first-order valence-corrected chi connectivity index (χ1v) is 8.22. The predicted molar refractivity (Wildman–Crippen MR) is 89.1 cm³/mol. The van der Waals surface area contributed by atoms with Gasteiger partial charge in [0.2, 0.25) is 0 Å². The zero-order chi connectivity index (χ0) is 13.4. The van der Waals surface area contributed by atoms with Crippen molar-refractivity contribution >= 4 is 38.5 Å². The third kappa shape index (κ3) is 2.88. The second-order valence-corrected chi connectivity index (χ2v) is 7.13. The van der Waals surface area contributed by atoms with Gasteiger partial charge in [0.25, 0.3) is 0 Å². The number of hydrogen-bond donors (Lipinski definition) is 1. The Labute approximate surface area is 135 Å². The number of halogens is 2. The molecule has 1 saturated carbocycles. The lowest BCUT2D eigenvalue weighted by molar-refractivity contribution is 0.150. The van der Waals surface area contributed by atoms with Crippen LogP contribution in [0.2, 0.25) is 0 Å². The molecule has 3 atom stereocenters. The van der Waals surface area contributed by atoms with E-state index in [1.807, 2.05) is 18.2 Å². The van der Waals surface area contributed by atoms with Crippen LogP contribution in [-0.4, -0.2) is 5.11 Å². The Bertz CT molecular complexity index is 585. The summed E-state index contributed by atoms with van der Waals surface area (Å²) in [7, 11) is 0. The van der Waals surface area contributed by atoms with E-state index in [4.69, 9.17) is 0 Å². The van der Waals surface area contributed by atoms with Crippen molar-refractivity contribution in [3.8, 4) is 0 Å². The third-order valence-corrected chi connectivity index (χ3v) is 5.14. The smallest absolute Gasteiger partial charge is 0.0835 e. The van der Waals surface area contributed by atoms with Gasteiger partial charge in [0, 0.05) is 8.04 Å². The van der Waals surface area contributed by atoms with Crippen LogP contribution in [0, 0.1) is 9.49 Å². The fourth-order valence-electron chi connectivity index (χ4n) is 2.62. The number of hydrogen-bond acceptors (Lipinski definition) is 1. The Balaban J connectivity index is 1.80. The van der Waals surface area contributed by atoms with Crippen LogP contribution in [-0.2, 0) is 0 Å². The maximum absolute atomic E-state index is 10.6. The zero-order valence-electron chi connectivity index (χ0n) is 10.3. The number of rotatable bonds is 3. The van der Waals surface area contributed by atoms with Crippen molar-refractivity contribution in [1.82, 2.24) is 0 Å². The first kappa shape index (κ1) is 13.6. The van der Waals surface area contributed by atoms with Crippen LogP contribution < -0.4 is 0 Å². The number of aliphatic hydroxyl groups is 1. The maximum atomic E-state index is 10.6. The molecule has 0 amide bonds. The van der Waals surface area contributed by atoms with E-state index < -0.39 is 0 Å². The van der Waals surface area contributed by atoms with Crippen molar-refractivity contribution in [2.45, 2.75) is 18.4 Å². The molecule has 1 N–H and O–H groups in total. The van der Waals surface area contributed by atoms with Gasteiger partial charge in [-0.3, -0.25) is 0 Å². The molecule has 0 heterocycles. The summed E-state index contributed by atoms with van der Waals surface area (Å²) in [5.41, 5.74) is 2.35. The molecule has 1 nitrogen and oxygen atoms in total. The molecule has 0 bridgehead atoms. The Morgan fingerprint density at radius 1 is 1.16 bits per heavy atom. The van der Waals surface area contributed by atoms with Crippen LogP contribution in [0.15, 0.2) is 53.0 Å². The molecule has 19 heavy (non-hydrogen) atoms. The summed E-state index contributed by atoms with van der Waals surface area (Å²) in [6.45, 7) is 0. The Hall–Kier alpha value is -0.390. The monoisotopic (exact) mass is 428 g/mol. The van der Waals surface area contributed by atoms with Gasteiger partial charge in [-0.2, -0.15) is 0 Å². The molecule has 0 spiro atoms. The highest BCUT2D eigenvalue weighted by atomic mass is 127. The molecule has 2 aromatic carbocycles. The highest BCUT2D eigenvalue weighted by Crippen LogP contribution is 2.54. The molecule has 1 fully saturated rings. The van der Waals surface area contributed by atoms with Gasteiger partial charge in [-0.15, -0.1) is 0 Å². The van der Waals surface area contributed by atoms with E-state index in [1.165, 1.54) is 5.56 Å². The molecule has 0 saturated heterocycles. The van der Waals surface area contributed by atoms with E-state index >= 15 is 0 Å². The second-order valence-electron chi connectivity index (χ2n) is 5.03. The van der Waals surface area contributed by atoms with E-state index in [9.17, 15) is 5.11 Å². The van der Waals surface area contributed by atoms with Crippen molar-refractivity contribution < 1.29 is 5.11 Å². The van der Waals surface area contributed by atoms with Crippen molar-refractivity contribution in [1.29, 1.82) is 0 Å². The molecule has 1 aliphatic rings. The van der Waals surface area contributed by atoms with E-state index in [2.05, 4.69) is 68.9 Å². The van der Waals surface area contributed by atoms with Crippen molar-refractivity contribution in [2.24, 2.45) is 5.92 Å². The third-order valence-electron chi connectivity index (χ3n) is 3.75. The molecule has 3 unspecified atom stereocenters. The molecule has 0 radical (unpaired) electrons. The fraction of sp³-hybridized carbons (Fsp3) is 0.250. The Morgan fingerprint density at radius 3 is 2.63 bits per heavy atom. The molecular weight excluding hydrogens is 415 g/mol. The first-order valence-electron chi connectivity index (χ1n) is 6.35. The molecule has 2 aromatic rings. The normalized spacial score (nSPS) is 23.1. The van der Waals surface area contributed by atoms with Crippen LogP contribution in [0.4, 0.5) is 0 Å². The number of benzene rings is 2. The van der Waals surface area contributed by atoms with E-state index in [-0.39, 0.29) is 6.10 Å². The van der Waals surface area contributed by atoms with Gasteiger partial charge in [0.15, 0.2) is 0 Å². The standard InChI is InChI=1S/C16H14BrIO/c17-15-7-6-11(18)8-14(15)16(19)13-9-12(13)10-4-2-1-3-5-10/h1-8,12-13,16,19H,9H2. The Kier molecular flexibility index (Phi) is 3.96. The summed E-state index contributed by atoms with van der Waals surface area (Å²) in [4.78, 5) is 0. The van der Waals surface area contributed by atoms with Gasteiger partial charge in [0.05, 0.1) is 6.10 Å². The lowest BCUT2D eigenvalue weighted by Crippen LogP contribution is -2.03. The summed E-state index contributed by atoms with van der Waals surface area (Å²) in [5, 5.41) is 10.6. The minimum absolute atomic E-state index is 0.344. The molecule has 98 valence electrons. The second kappa shape index (κ2) is 5.54. The summed E-state index contributed by atoms with van der Waals surface area (Å²) in [6.07, 6.45) is 0.692. The lowest BCUT2D eigenvalue weighted by atomic mass is 10.0. The van der Waals surface area contributed by atoms with Gasteiger partial charge in [0.1, 0.15) is 0 Å². The average Bonchev–Trinajstić information content (AvgIpc) is 3.22. The quantitative estimate of drug-likeness (QED) is 0.690. The predicted octanol–water partition coefficient (Wildman–Crippen LogP) is 4.89. The SMILES string of the molecule is OC(c1cc(I)ccc1Br)C1CC1c1ccccc1. The molecule has 1 aliphatic carbocycles. The van der Waals surface area contributed by atoms with E-state index in [0.29, 0.717) is 11.8 Å². The van der Waals surface area contributed by atoms with Gasteiger partial charge < -0.3 is 5.11 Å². The van der Waals surface area contributed by atoms with Crippen LogP contribution >= 0.6 is 38.5 Å². The van der Waals surface area contributed by atoms with Crippen LogP contribution in [0.25, 0.3) is 0 Å². The van der Waals surface area contributed by atoms with Gasteiger partial charge in [-0.1, -0.05) is 46.3 Å². The number of aliphatic hydroxyl groups excluding tert-OH is 1. The first-order chi connectivity index (χ1) is 9.16. The van der Waals surface area contributed by atoms with Crippen LogP contribution in [0.1, 0.15) is 29.6 Å². The molecule has 3 heteroatoms. The highest BCUT2D eigenvalue weighted by Gasteiger charge is 2.44. The fourth-order valence-corrected chi connectivity index (χ4v) is 3.62. The molecule has 0 aromatic heterocycles. The van der Waals surface area contributed by atoms with Crippen LogP contribution in [0.3, 0.4) is 0 Å². The summed E-state index contributed by atoms with van der Waals surface area (Å²) < 4.78 is 2.16. The van der Waals surface area contributed by atoms with Crippen molar-refractivity contribution in [3.05, 3.63) is 67.7 Å². The average molecular weight is 429 g/mol. The minimum Gasteiger partial charge on any atom is -0.388 e. The largest absolute Gasteiger partial charge is 0.388 e. The van der Waals surface area contributed by atoms with Crippen molar-refractivity contribution in [3.63, 3.8) is 0 Å². The topological polar surface area (TPSA) is 20.2 Å². The van der Waals surface area contributed by atoms with E-state index in [1.54, 1.807) is 0 Å². The lowest BCUT2D eigenvalue weighted by Gasteiger charge is -2.13. The van der Waals surface area contributed by atoms with Crippen LogP contribution in [0.5, 0.6) is 0 Å². The summed E-state index contributed by atoms with van der Waals surface area (Å²) in [6, 6.07) is 16.6. The molecule has 3 rings (SSSR count). The van der Waals surface area contributed by atoms with Gasteiger partial charge in [-0.05, 0) is 70.2 Å². The molecule has 0 aliphatic heterocycles. The maximum Gasteiger partial charge on any atom is 0.0835 e. The van der Waals surface area contributed by atoms with E-state index in [0.717, 1.165) is 20.0 Å². The summed E-state index contributed by atoms with van der Waals surface area (Å²) >= 11 is 5.82. The Morgan fingerprint density at radius 2 is 1.89 bits per heavy atom. The van der Waals surface area contributed by atoms with Crippen molar-refractivity contribution in [2.75, 3.05) is 0 Å².